The van der Waals surface area contributed by atoms with Gasteiger partial charge in [-0.25, -0.2) is 0 Å². The van der Waals surface area contributed by atoms with Gasteiger partial charge in [0.05, 0.1) is 11.3 Å². The Hall–Kier alpha value is -2.62. The number of nitro groups is 1. The van der Waals surface area contributed by atoms with E-state index in [0.717, 1.165) is 6.42 Å². The number of carboxylic acids is 1. The van der Waals surface area contributed by atoms with Crippen LogP contribution < -0.4 is 5.32 Å². The second-order valence-electron chi connectivity index (χ2n) is 4.90. The predicted molar refractivity (Wildman–Crippen MR) is 70.3 cm³/mol. The fourth-order valence-corrected chi connectivity index (χ4v) is 2.46. The van der Waals surface area contributed by atoms with Crippen LogP contribution in [0.2, 0.25) is 0 Å². The van der Waals surface area contributed by atoms with Crippen LogP contribution in [0.5, 0.6) is 0 Å². The molecule has 1 aliphatic carbocycles. The minimum Gasteiger partial charge on any atom is -0.481 e. The molecule has 0 amide bonds. The molecule has 7 nitrogen and oxygen atoms in total. The van der Waals surface area contributed by atoms with E-state index in [4.69, 9.17) is 10.4 Å². The van der Waals surface area contributed by atoms with Crippen LogP contribution in [-0.2, 0) is 4.79 Å². The van der Waals surface area contributed by atoms with Crippen LogP contribution in [0.4, 0.5) is 11.4 Å². The molecular formula is C13H13N3O4. The van der Waals surface area contributed by atoms with Crippen molar-refractivity contribution < 1.29 is 14.8 Å². The third-order valence-electron chi connectivity index (χ3n) is 3.54. The largest absolute Gasteiger partial charge is 0.481 e. The maximum Gasteiger partial charge on any atom is 0.309 e. The molecule has 0 bridgehead atoms. The zero-order chi connectivity index (χ0) is 14.8. The summed E-state index contributed by atoms with van der Waals surface area (Å²) in [4.78, 5) is 21.4. The number of para-hydroxylation sites is 1. The van der Waals surface area contributed by atoms with Crippen LogP contribution in [0, 0.1) is 21.4 Å². The molecule has 0 unspecified atom stereocenters. The van der Waals surface area contributed by atoms with Gasteiger partial charge < -0.3 is 10.4 Å². The molecule has 1 aliphatic rings. The molecular weight excluding hydrogens is 262 g/mol. The quantitative estimate of drug-likeness (QED) is 0.629. The Kier molecular flexibility index (Phi) is 3.57. The topological polar surface area (TPSA) is 116 Å². The van der Waals surface area contributed by atoms with Gasteiger partial charge in [-0.05, 0) is 31.4 Å². The number of nitro benzene ring substituents is 1. The van der Waals surface area contributed by atoms with Crippen LogP contribution >= 0.6 is 0 Å². The highest BCUT2D eigenvalue weighted by Crippen LogP contribution is 2.41. The SMILES string of the molecule is N#Cc1cccc(NC2(CC(=O)O)CCC2)c1[N+](=O)[O-]. The lowest BCUT2D eigenvalue weighted by Crippen LogP contribution is -2.46. The zero-order valence-corrected chi connectivity index (χ0v) is 10.6. The van der Waals surface area contributed by atoms with Crippen molar-refractivity contribution in [3.8, 4) is 6.07 Å². The van der Waals surface area contributed by atoms with Crippen molar-refractivity contribution in [2.24, 2.45) is 0 Å². The summed E-state index contributed by atoms with van der Waals surface area (Å²) in [7, 11) is 0. The molecule has 1 aromatic rings. The second-order valence-corrected chi connectivity index (χ2v) is 4.90. The monoisotopic (exact) mass is 275 g/mol. The standard InChI is InChI=1S/C13H13N3O4/c14-8-9-3-1-4-10(12(9)16(19)20)15-13(5-2-6-13)7-11(17)18/h1,3-4,15H,2,5-7H2,(H,17,18). The highest BCUT2D eigenvalue weighted by Gasteiger charge is 2.40. The number of aliphatic carboxylic acids is 1. The number of rotatable bonds is 5. The first-order chi connectivity index (χ1) is 9.47. The molecule has 0 radical (unpaired) electrons. The molecule has 2 N–H and O–H groups in total. The molecule has 1 aromatic carbocycles. The van der Waals surface area contributed by atoms with E-state index in [1.54, 1.807) is 12.1 Å². The number of nitriles is 1. The number of carbonyl (C=O) groups is 1. The van der Waals surface area contributed by atoms with Crippen molar-refractivity contribution in [3.05, 3.63) is 33.9 Å². The van der Waals surface area contributed by atoms with Gasteiger partial charge in [-0.15, -0.1) is 0 Å². The maximum absolute atomic E-state index is 11.1. The third-order valence-corrected chi connectivity index (χ3v) is 3.54. The van der Waals surface area contributed by atoms with Gasteiger partial charge in [-0.3, -0.25) is 14.9 Å². The summed E-state index contributed by atoms with van der Waals surface area (Å²) in [6, 6.07) is 6.19. The average Bonchev–Trinajstić information content (AvgIpc) is 2.34. The van der Waals surface area contributed by atoms with Crippen molar-refractivity contribution in [3.63, 3.8) is 0 Å². The predicted octanol–water partition coefficient (Wildman–Crippen LogP) is 2.28. The molecule has 0 heterocycles. The van der Waals surface area contributed by atoms with Crippen molar-refractivity contribution in [2.45, 2.75) is 31.2 Å². The Morgan fingerprint density at radius 1 is 1.55 bits per heavy atom. The molecule has 0 saturated heterocycles. The molecule has 20 heavy (non-hydrogen) atoms. The Balaban J connectivity index is 2.36. The summed E-state index contributed by atoms with van der Waals surface area (Å²) in [5.74, 6) is -0.948. The van der Waals surface area contributed by atoms with Gasteiger partial charge in [0.2, 0.25) is 0 Å². The number of anilines is 1. The van der Waals surface area contributed by atoms with E-state index in [9.17, 15) is 14.9 Å². The summed E-state index contributed by atoms with van der Waals surface area (Å²) in [5, 5.41) is 32.0. The van der Waals surface area contributed by atoms with E-state index in [0.29, 0.717) is 12.8 Å². The van der Waals surface area contributed by atoms with E-state index in [1.165, 1.54) is 12.1 Å². The summed E-state index contributed by atoms with van der Waals surface area (Å²) in [5.41, 5.74) is -0.781. The molecule has 1 fully saturated rings. The van der Waals surface area contributed by atoms with Gasteiger partial charge in [-0.2, -0.15) is 5.26 Å². The Morgan fingerprint density at radius 3 is 2.70 bits per heavy atom. The minimum atomic E-state index is -0.948. The molecule has 0 aromatic heterocycles. The van der Waals surface area contributed by atoms with Crippen molar-refractivity contribution in [1.82, 2.24) is 0 Å². The number of hydrogen-bond acceptors (Lipinski definition) is 5. The summed E-state index contributed by atoms with van der Waals surface area (Å²) < 4.78 is 0. The molecule has 104 valence electrons. The number of carboxylic acid groups (broad SMARTS) is 1. The van der Waals surface area contributed by atoms with Crippen LogP contribution in [0.25, 0.3) is 0 Å². The van der Waals surface area contributed by atoms with E-state index in [-0.39, 0.29) is 23.4 Å². The van der Waals surface area contributed by atoms with Gasteiger partial charge in [-0.1, -0.05) is 6.07 Å². The molecule has 0 aliphatic heterocycles. The molecule has 0 spiro atoms. The summed E-state index contributed by atoms with van der Waals surface area (Å²) >= 11 is 0. The molecule has 1 saturated carbocycles. The fraction of sp³-hybridized carbons (Fsp3) is 0.385. The van der Waals surface area contributed by atoms with Crippen LogP contribution in [-0.4, -0.2) is 21.5 Å². The first-order valence-corrected chi connectivity index (χ1v) is 6.15. The first-order valence-electron chi connectivity index (χ1n) is 6.15. The highest BCUT2D eigenvalue weighted by molar-refractivity contribution is 5.73. The zero-order valence-electron chi connectivity index (χ0n) is 10.6. The lowest BCUT2D eigenvalue weighted by molar-refractivity contribution is -0.384. The van der Waals surface area contributed by atoms with Crippen LogP contribution in [0.1, 0.15) is 31.2 Å². The lowest BCUT2D eigenvalue weighted by Gasteiger charge is -2.42. The van der Waals surface area contributed by atoms with Crippen molar-refractivity contribution in [1.29, 1.82) is 5.26 Å². The van der Waals surface area contributed by atoms with Gasteiger partial charge in [0, 0.05) is 5.54 Å². The summed E-state index contributed by atoms with van der Waals surface area (Å²) in [6.45, 7) is 0. The highest BCUT2D eigenvalue weighted by atomic mass is 16.6. The summed E-state index contributed by atoms with van der Waals surface area (Å²) in [6.07, 6.45) is 2.08. The lowest BCUT2D eigenvalue weighted by atomic mass is 9.74. The van der Waals surface area contributed by atoms with Gasteiger partial charge in [0.25, 0.3) is 0 Å². The molecule has 2 rings (SSSR count). The first kappa shape index (κ1) is 13.8. The van der Waals surface area contributed by atoms with E-state index in [2.05, 4.69) is 5.32 Å². The van der Waals surface area contributed by atoms with Gasteiger partial charge >= 0.3 is 11.7 Å². The third kappa shape index (κ3) is 2.54. The van der Waals surface area contributed by atoms with E-state index in [1.807, 2.05) is 0 Å². The molecule has 7 heteroatoms. The van der Waals surface area contributed by atoms with Gasteiger partial charge in [0.15, 0.2) is 0 Å². The van der Waals surface area contributed by atoms with Crippen LogP contribution in [0.3, 0.4) is 0 Å². The number of benzene rings is 1. The Morgan fingerprint density at radius 2 is 2.25 bits per heavy atom. The fourth-order valence-electron chi connectivity index (χ4n) is 2.46. The second kappa shape index (κ2) is 5.17. The van der Waals surface area contributed by atoms with E-state index >= 15 is 0 Å². The minimum absolute atomic E-state index is 0.0372. The van der Waals surface area contributed by atoms with Crippen molar-refractivity contribution in [2.75, 3.05) is 5.32 Å². The van der Waals surface area contributed by atoms with E-state index < -0.39 is 16.4 Å². The van der Waals surface area contributed by atoms with Crippen molar-refractivity contribution >= 4 is 17.3 Å². The molecule has 0 atom stereocenters. The smallest absolute Gasteiger partial charge is 0.309 e. The Bertz CT molecular complexity index is 602. The normalized spacial score (nSPS) is 15.8. The Labute approximate surface area is 115 Å². The van der Waals surface area contributed by atoms with Crippen LogP contribution in [0.15, 0.2) is 18.2 Å². The number of nitrogens with zero attached hydrogens (tertiary/aromatic N) is 2. The van der Waals surface area contributed by atoms with Gasteiger partial charge in [0.1, 0.15) is 17.3 Å². The maximum atomic E-state index is 11.1. The number of hydrogen-bond donors (Lipinski definition) is 2. The number of nitrogens with one attached hydrogen (secondary N) is 1. The average molecular weight is 275 g/mol.